The Hall–Kier alpha value is -1.40. The summed E-state index contributed by atoms with van der Waals surface area (Å²) in [6.07, 6.45) is 0.245. The number of nitrogens with one attached hydrogen (secondary N) is 2. The van der Waals surface area contributed by atoms with E-state index in [1.807, 2.05) is 27.0 Å². The molecule has 0 saturated heterocycles. The normalized spacial score (nSPS) is 10.7. The third kappa shape index (κ3) is 5.29. The minimum absolute atomic E-state index is 0.245. The fraction of sp³-hybridized carbons (Fsp3) is 0.667. The highest BCUT2D eigenvalue weighted by atomic mass is 16.5. The first-order valence-corrected chi connectivity index (χ1v) is 6.05. The van der Waals surface area contributed by atoms with Crippen molar-refractivity contribution in [3.05, 3.63) is 11.9 Å². The van der Waals surface area contributed by atoms with Gasteiger partial charge in [-0.15, -0.1) is 0 Å². The first kappa shape index (κ1) is 14.7. The first-order valence-electron chi connectivity index (χ1n) is 6.05. The molecule has 0 unspecified atom stereocenters. The second-order valence-corrected chi connectivity index (χ2v) is 4.08. The highest BCUT2D eigenvalue weighted by Crippen LogP contribution is 2.11. The molecule has 0 spiro atoms. The van der Waals surface area contributed by atoms with Crippen molar-refractivity contribution < 1.29 is 9.47 Å². The molecule has 18 heavy (non-hydrogen) atoms. The lowest BCUT2D eigenvalue weighted by Crippen LogP contribution is -2.15. The van der Waals surface area contributed by atoms with E-state index >= 15 is 0 Å². The second-order valence-electron chi connectivity index (χ2n) is 4.08. The zero-order valence-electron chi connectivity index (χ0n) is 11.5. The number of methoxy groups -OCH3 is 1. The van der Waals surface area contributed by atoms with Gasteiger partial charge in [-0.2, -0.15) is 0 Å². The van der Waals surface area contributed by atoms with Crippen molar-refractivity contribution in [1.82, 2.24) is 9.97 Å². The minimum atomic E-state index is 0.245. The third-order valence-electron chi connectivity index (χ3n) is 2.16. The lowest BCUT2D eigenvalue weighted by molar-refractivity contribution is 0.0870. The molecule has 0 aliphatic carbocycles. The van der Waals surface area contributed by atoms with E-state index in [0.717, 1.165) is 11.6 Å². The van der Waals surface area contributed by atoms with Crippen LogP contribution < -0.4 is 10.6 Å². The maximum absolute atomic E-state index is 5.45. The molecule has 102 valence electrons. The molecule has 6 heteroatoms. The maximum atomic E-state index is 5.45. The van der Waals surface area contributed by atoms with Crippen LogP contribution in [0, 0.1) is 0 Å². The van der Waals surface area contributed by atoms with Crippen LogP contribution in [0.15, 0.2) is 6.07 Å². The molecule has 2 N–H and O–H groups in total. The summed E-state index contributed by atoms with van der Waals surface area (Å²) in [6, 6.07) is 1.86. The van der Waals surface area contributed by atoms with E-state index in [-0.39, 0.29) is 6.10 Å². The lowest BCUT2D eigenvalue weighted by Gasteiger charge is -2.11. The van der Waals surface area contributed by atoms with E-state index in [1.165, 1.54) is 0 Å². The topological polar surface area (TPSA) is 68.3 Å². The molecule has 0 aliphatic heterocycles. The van der Waals surface area contributed by atoms with Gasteiger partial charge in [-0.25, -0.2) is 9.97 Å². The van der Waals surface area contributed by atoms with Crippen molar-refractivity contribution in [2.45, 2.75) is 26.6 Å². The van der Waals surface area contributed by atoms with Crippen molar-refractivity contribution in [2.24, 2.45) is 0 Å². The fourth-order valence-corrected chi connectivity index (χ4v) is 1.38. The SMILES string of the molecule is CNc1cc(NCCOC(C)C)nc(COC)n1. The van der Waals surface area contributed by atoms with Gasteiger partial charge in [0.25, 0.3) is 0 Å². The van der Waals surface area contributed by atoms with E-state index in [0.29, 0.717) is 25.6 Å². The molecule has 0 saturated carbocycles. The Kier molecular flexibility index (Phi) is 6.38. The minimum Gasteiger partial charge on any atom is -0.377 e. The molecule has 0 bridgehead atoms. The van der Waals surface area contributed by atoms with Crippen LogP contribution >= 0.6 is 0 Å². The molecule has 0 atom stereocenters. The average molecular weight is 254 g/mol. The standard InChI is InChI=1S/C12H22N4O2/c1-9(2)18-6-5-14-11-7-10(13-3)15-12(16-11)8-17-4/h7,9H,5-6,8H2,1-4H3,(H2,13,14,15,16). The predicted molar refractivity (Wildman–Crippen MR) is 71.9 cm³/mol. The smallest absolute Gasteiger partial charge is 0.158 e. The van der Waals surface area contributed by atoms with Crippen LogP contribution in [0.5, 0.6) is 0 Å². The zero-order valence-corrected chi connectivity index (χ0v) is 11.5. The Morgan fingerprint density at radius 1 is 1.28 bits per heavy atom. The van der Waals surface area contributed by atoms with E-state index in [4.69, 9.17) is 9.47 Å². The third-order valence-corrected chi connectivity index (χ3v) is 2.16. The summed E-state index contributed by atoms with van der Waals surface area (Å²) in [5.74, 6) is 2.19. The van der Waals surface area contributed by atoms with Crippen LogP contribution in [0.25, 0.3) is 0 Å². The highest BCUT2D eigenvalue weighted by molar-refractivity contribution is 5.47. The molecule has 1 rings (SSSR count). The number of ether oxygens (including phenoxy) is 2. The molecular formula is C12H22N4O2. The second kappa shape index (κ2) is 7.84. The lowest BCUT2D eigenvalue weighted by atomic mass is 10.4. The summed E-state index contributed by atoms with van der Waals surface area (Å²) in [5.41, 5.74) is 0. The van der Waals surface area contributed by atoms with Crippen molar-refractivity contribution in [2.75, 3.05) is 37.9 Å². The number of aromatic nitrogens is 2. The molecule has 1 aromatic rings. The molecule has 6 nitrogen and oxygen atoms in total. The molecular weight excluding hydrogens is 232 g/mol. The highest BCUT2D eigenvalue weighted by Gasteiger charge is 2.03. The number of hydrogen-bond donors (Lipinski definition) is 2. The quantitative estimate of drug-likeness (QED) is 0.685. The summed E-state index contributed by atoms with van der Waals surface area (Å²) >= 11 is 0. The van der Waals surface area contributed by atoms with Crippen LogP contribution in [0.1, 0.15) is 19.7 Å². The molecule has 0 fully saturated rings. The van der Waals surface area contributed by atoms with Gasteiger partial charge in [0.1, 0.15) is 18.2 Å². The largest absolute Gasteiger partial charge is 0.377 e. The molecule has 1 aromatic heterocycles. The average Bonchev–Trinajstić information content (AvgIpc) is 2.34. The summed E-state index contributed by atoms with van der Waals surface area (Å²) in [5, 5.41) is 6.20. The van der Waals surface area contributed by atoms with Gasteiger partial charge in [-0.05, 0) is 13.8 Å². The van der Waals surface area contributed by atoms with Crippen molar-refractivity contribution in [1.29, 1.82) is 0 Å². The molecule has 1 heterocycles. The first-order chi connectivity index (χ1) is 8.65. The number of rotatable bonds is 8. The number of anilines is 2. The zero-order chi connectivity index (χ0) is 13.4. The molecule has 0 radical (unpaired) electrons. The van der Waals surface area contributed by atoms with Gasteiger partial charge in [0.15, 0.2) is 5.82 Å². The Balaban J connectivity index is 2.55. The fourth-order valence-electron chi connectivity index (χ4n) is 1.38. The Bertz CT molecular complexity index is 358. The predicted octanol–water partition coefficient (Wildman–Crippen LogP) is 1.50. The summed E-state index contributed by atoms with van der Waals surface area (Å²) in [7, 11) is 3.45. The van der Waals surface area contributed by atoms with E-state index < -0.39 is 0 Å². The Labute approximate surface area is 108 Å². The number of nitrogens with zero attached hydrogens (tertiary/aromatic N) is 2. The van der Waals surface area contributed by atoms with Crippen molar-refractivity contribution in [3.63, 3.8) is 0 Å². The van der Waals surface area contributed by atoms with Gasteiger partial charge < -0.3 is 20.1 Å². The van der Waals surface area contributed by atoms with Gasteiger partial charge >= 0.3 is 0 Å². The van der Waals surface area contributed by atoms with Crippen LogP contribution in [-0.4, -0.2) is 43.4 Å². The Morgan fingerprint density at radius 3 is 2.61 bits per heavy atom. The van der Waals surface area contributed by atoms with Crippen molar-refractivity contribution >= 4 is 11.6 Å². The van der Waals surface area contributed by atoms with Crippen molar-refractivity contribution in [3.8, 4) is 0 Å². The van der Waals surface area contributed by atoms with Crippen LogP contribution in [-0.2, 0) is 16.1 Å². The van der Waals surface area contributed by atoms with Crippen LogP contribution in [0.4, 0.5) is 11.6 Å². The summed E-state index contributed by atoms with van der Waals surface area (Å²) in [6.45, 7) is 5.79. The van der Waals surface area contributed by atoms with Crippen LogP contribution in [0.2, 0.25) is 0 Å². The molecule has 0 amide bonds. The number of hydrogen-bond acceptors (Lipinski definition) is 6. The summed E-state index contributed by atoms with van der Waals surface area (Å²) in [4.78, 5) is 8.62. The van der Waals surface area contributed by atoms with E-state index in [2.05, 4.69) is 20.6 Å². The van der Waals surface area contributed by atoms with Gasteiger partial charge in [-0.3, -0.25) is 0 Å². The van der Waals surface area contributed by atoms with Gasteiger partial charge in [-0.1, -0.05) is 0 Å². The van der Waals surface area contributed by atoms with E-state index in [1.54, 1.807) is 7.11 Å². The molecule has 0 aromatic carbocycles. The monoisotopic (exact) mass is 254 g/mol. The summed E-state index contributed by atoms with van der Waals surface area (Å²) < 4.78 is 10.5. The van der Waals surface area contributed by atoms with E-state index in [9.17, 15) is 0 Å². The maximum Gasteiger partial charge on any atom is 0.158 e. The molecule has 0 aliphatic rings. The Morgan fingerprint density at radius 2 is 2.00 bits per heavy atom. The van der Waals surface area contributed by atoms with Gasteiger partial charge in [0, 0.05) is 26.8 Å². The van der Waals surface area contributed by atoms with Crippen LogP contribution in [0.3, 0.4) is 0 Å². The van der Waals surface area contributed by atoms with Gasteiger partial charge in [0.05, 0.1) is 12.7 Å². The van der Waals surface area contributed by atoms with Gasteiger partial charge in [0.2, 0.25) is 0 Å².